The highest BCUT2D eigenvalue weighted by molar-refractivity contribution is 7.94. The number of rotatable bonds is 5. The molecule has 1 aliphatic heterocycles. The third kappa shape index (κ3) is 3.13. The van der Waals surface area contributed by atoms with Crippen LogP contribution in [0.3, 0.4) is 0 Å². The summed E-state index contributed by atoms with van der Waals surface area (Å²) in [7, 11) is -7.30. The number of carbonyl (C=O) groups excluding carboxylic acids is 1. The van der Waals surface area contributed by atoms with E-state index in [1.807, 2.05) is 0 Å². The Kier molecular flexibility index (Phi) is 4.84. The fourth-order valence-electron chi connectivity index (χ4n) is 2.55. The Labute approximate surface area is 137 Å². The first-order valence-corrected chi connectivity index (χ1v) is 10.4. The maximum absolute atomic E-state index is 12.4. The minimum absolute atomic E-state index is 0.0713. The van der Waals surface area contributed by atoms with Gasteiger partial charge >= 0.3 is 0 Å². The van der Waals surface area contributed by atoms with Crippen molar-refractivity contribution in [2.45, 2.75) is 25.7 Å². The van der Waals surface area contributed by atoms with Gasteiger partial charge in [-0.2, -0.15) is 4.31 Å². The molecule has 1 amide bonds. The molecule has 2 rings (SSSR count). The summed E-state index contributed by atoms with van der Waals surface area (Å²) in [6.45, 7) is 5.73. The molecule has 1 heterocycles. The van der Waals surface area contributed by atoms with Gasteiger partial charge in [0.1, 0.15) is 0 Å². The number of nitrogens with zero attached hydrogens (tertiary/aromatic N) is 2. The van der Waals surface area contributed by atoms with E-state index < -0.39 is 31.9 Å². The molecule has 1 aromatic carbocycles. The molecule has 0 spiro atoms. The quantitative estimate of drug-likeness (QED) is 0.782. The van der Waals surface area contributed by atoms with Gasteiger partial charge in [0.15, 0.2) is 0 Å². The number of hydrogen-bond donors (Lipinski definition) is 0. The lowest BCUT2D eigenvalue weighted by Gasteiger charge is -2.19. The topological polar surface area (TPSA) is 91.8 Å². The fraction of sp³-hybridized carbons (Fsp3) is 0.500. The first kappa shape index (κ1) is 17.9. The van der Waals surface area contributed by atoms with Crippen molar-refractivity contribution in [3.8, 4) is 0 Å². The predicted octanol–water partition coefficient (Wildman–Crippen LogP) is 1.03. The Hall–Kier alpha value is -1.45. The van der Waals surface area contributed by atoms with Crippen LogP contribution in [0, 0.1) is 5.92 Å². The second-order valence-corrected chi connectivity index (χ2v) is 9.17. The summed E-state index contributed by atoms with van der Waals surface area (Å²) >= 11 is 0. The standard InChI is InChI=1S/C14H20N2O5S2/c1-4-15(5-2)23(20,21)13-8-6-12(7-9-13)16-14(17)11(3)10-22(16,18)19/h6-9,11H,4-5,10H2,1-3H3. The van der Waals surface area contributed by atoms with Crippen LogP contribution in [-0.2, 0) is 24.8 Å². The number of benzene rings is 1. The van der Waals surface area contributed by atoms with Gasteiger partial charge in [0.05, 0.1) is 22.3 Å². The third-order valence-electron chi connectivity index (χ3n) is 3.77. The number of amides is 1. The van der Waals surface area contributed by atoms with Gasteiger partial charge in [0.25, 0.3) is 0 Å². The van der Waals surface area contributed by atoms with Crippen molar-refractivity contribution in [2.24, 2.45) is 5.92 Å². The van der Waals surface area contributed by atoms with Gasteiger partial charge in [-0.15, -0.1) is 0 Å². The molecule has 1 atom stereocenters. The van der Waals surface area contributed by atoms with Crippen LogP contribution in [0.2, 0.25) is 0 Å². The molecule has 0 aromatic heterocycles. The van der Waals surface area contributed by atoms with Gasteiger partial charge in [0, 0.05) is 13.1 Å². The summed E-state index contributed by atoms with van der Waals surface area (Å²) in [6.07, 6.45) is 0. The van der Waals surface area contributed by atoms with Crippen LogP contribution in [0.4, 0.5) is 5.69 Å². The summed E-state index contributed by atoms with van der Waals surface area (Å²) in [5, 5.41) is 0. The Morgan fingerprint density at radius 3 is 2.09 bits per heavy atom. The van der Waals surface area contributed by atoms with E-state index in [1.165, 1.54) is 28.6 Å². The SMILES string of the molecule is CCN(CC)S(=O)(=O)c1ccc(N2C(=O)C(C)CS2(=O)=O)cc1. The summed E-state index contributed by atoms with van der Waals surface area (Å²) < 4.78 is 50.9. The van der Waals surface area contributed by atoms with Gasteiger partial charge < -0.3 is 0 Å². The molecule has 0 saturated carbocycles. The van der Waals surface area contributed by atoms with Crippen molar-refractivity contribution < 1.29 is 21.6 Å². The molecule has 1 saturated heterocycles. The molecule has 128 valence electrons. The zero-order chi connectivity index (χ0) is 17.4. The summed E-state index contributed by atoms with van der Waals surface area (Å²) in [6, 6.07) is 5.36. The van der Waals surface area contributed by atoms with E-state index in [4.69, 9.17) is 0 Å². The monoisotopic (exact) mass is 360 g/mol. The van der Waals surface area contributed by atoms with Crippen LogP contribution in [0.1, 0.15) is 20.8 Å². The van der Waals surface area contributed by atoms with E-state index in [1.54, 1.807) is 20.8 Å². The highest BCUT2D eigenvalue weighted by Gasteiger charge is 2.42. The van der Waals surface area contributed by atoms with Crippen molar-refractivity contribution in [2.75, 3.05) is 23.1 Å². The van der Waals surface area contributed by atoms with Crippen LogP contribution in [0.15, 0.2) is 29.2 Å². The summed E-state index contributed by atoms with van der Waals surface area (Å²) in [4.78, 5) is 12.1. The highest BCUT2D eigenvalue weighted by Crippen LogP contribution is 2.29. The average Bonchev–Trinajstić information content (AvgIpc) is 2.68. The molecule has 0 bridgehead atoms. The number of anilines is 1. The van der Waals surface area contributed by atoms with Gasteiger partial charge in [-0.05, 0) is 24.3 Å². The van der Waals surface area contributed by atoms with Crippen LogP contribution < -0.4 is 4.31 Å². The Morgan fingerprint density at radius 1 is 1.17 bits per heavy atom. The molecule has 1 aliphatic rings. The summed E-state index contributed by atoms with van der Waals surface area (Å²) in [5.74, 6) is -1.32. The molecule has 23 heavy (non-hydrogen) atoms. The van der Waals surface area contributed by atoms with Crippen LogP contribution in [-0.4, -0.2) is 45.9 Å². The fourth-order valence-corrected chi connectivity index (χ4v) is 5.83. The van der Waals surface area contributed by atoms with Crippen molar-refractivity contribution in [3.05, 3.63) is 24.3 Å². The van der Waals surface area contributed by atoms with E-state index >= 15 is 0 Å². The maximum atomic E-state index is 12.4. The number of hydrogen-bond acceptors (Lipinski definition) is 5. The van der Waals surface area contributed by atoms with E-state index in [-0.39, 0.29) is 16.3 Å². The smallest absolute Gasteiger partial charge is 0.244 e. The molecule has 1 unspecified atom stereocenters. The third-order valence-corrected chi connectivity index (χ3v) is 7.71. The average molecular weight is 360 g/mol. The largest absolute Gasteiger partial charge is 0.273 e. The van der Waals surface area contributed by atoms with Crippen molar-refractivity contribution in [3.63, 3.8) is 0 Å². The van der Waals surface area contributed by atoms with Crippen molar-refractivity contribution >= 4 is 31.6 Å². The number of carbonyl (C=O) groups is 1. The van der Waals surface area contributed by atoms with E-state index in [0.717, 1.165) is 4.31 Å². The van der Waals surface area contributed by atoms with Gasteiger partial charge in [-0.1, -0.05) is 20.8 Å². The van der Waals surface area contributed by atoms with Gasteiger partial charge in [0.2, 0.25) is 26.0 Å². The molecule has 7 nitrogen and oxygen atoms in total. The highest BCUT2D eigenvalue weighted by atomic mass is 32.2. The predicted molar refractivity (Wildman–Crippen MR) is 87.0 cm³/mol. The normalized spacial score (nSPS) is 21.1. The minimum Gasteiger partial charge on any atom is -0.273 e. The van der Waals surface area contributed by atoms with Crippen molar-refractivity contribution in [1.82, 2.24) is 4.31 Å². The van der Waals surface area contributed by atoms with Crippen LogP contribution in [0.25, 0.3) is 0 Å². The van der Waals surface area contributed by atoms with Crippen LogP contribution in [0.5, 0.6) is 0 Å². The van der Waals surface area contributed by atoms with E-state index in [9.17, 15) is 21.6 Å². The number of sulfonamides is 2. The summed E-state index contributed by atoms with van der Waals surface area (Å²) in [5.41, 5.74) is 0.165. The molecule has 0 aliphatic carbocycles. The maximum Gasteiger partial charge on any atom is 0.244 e. The molecule has 0 radical (unpaired) electrons. The minimum atomic E-state index is -3.69. The molecule has 1 aromatic rings. The Morgan fingerprint density at radius 2 is 1.70 bits per heavy atom. The first-order chi connectivity index (χ1) is 10.6. The van der Waals surface area contributed by atoms with Gasteiger partial charge in [-0.25, -0.2) is 21.1 Å². The van der Waals surface area contributed by atoms with E-state index in [2.05, 4.69) is 0 Å². The molecule has 0 N–H and O–H groups in total. The zero-order valence-electron chi connectivity index (χ0n) is 13.3. The molecular formula is C14H20N2O5S2. The first-order valence-electron chi connectivity index (χ1n) is 7.32. The molecule has 1 fully saturated rings. The Bertz CT molecular complexity index is 796. The second kappa shape index (κ2) is 6.21. The Balaban J connectivity index is 2.39. The molecule has 9 heteroatoms. The molecular weight excluding hydrogens is 340 g/mol. The lowest BCUT2D eigenvalue weighted by molar-refractivity contribution is -0.119. The van der Waals surface area contributed by atoms with Crippen molar-refractivity contribution in [1.29, 1.82) is 0 Å². The van der Waals surface area contributed by atoms with E-state index in [0.29, 0.717) is 13.1 Å². The lowest BCUT2D eigenvalue weighted by atomic mass is 10.2. The van der Waals surface area contributed by atoms with Crippen LogP contribution >= 0.6 is 0 Å². The lowest BCUT2D eigenvalue weighted by Crippen LogP contribution is -2.31. The second-order valence-electron chi connectivity index (χ2n) is 5.37. The zero-order valence-corrected chi connectivity index (χ0v) is 14.9. The van der Waals surface area contributed by atoms with Gasteiger partial charge in [-0.3, -0.25) is 4.79 Å².